The molecule has 0 saturated heterocycles. The second-order valence-corrected chi connectivity index (χ2v) is 8.12. The normalized spacial score (nSPS) is 15.4. The maximum absolute atomic E-state index is 13.1. The van der Waals surface area contributed by atoms with Gasteiger partial charge in [0, 0.05) is 74.0 Å². The van der Waals surface area contributed by atoms with Gasteiger partial charge in [-0.1, -0.05) is 30.3 Å². The summed E-state index contributed by atoms with van der Waals surface area (Å²) >= 11 is 0. The summed E-state index contributed by atoms with van der Waals surface area (Å²) in [7, 11) is 7.85. The molecule has 3 aromatic rings. The Balaban J connectivity index is 1.87. The minimum Gasteiger partial charge on any atom is -0.456 e. The Bertz CT molecular complexity index is 1130. The van der Waals surface area contributed by atoms with Crippen LogP contribution in [0.5, 0.6) is 11.5 Å². The molecular weight excluding hydrogens is 378 g/mol. The quantitative estimate of drug-likeness (QED) is 0.657. The Morgan fingerprint density at radius 1 is 0.800 bits per heavy atom. The molecule has 6 nitrogen and oxygen atoms in total. The first kappa shape index (κ1) is 18.5. The van der Waals surface area contributed by atoms with Gasteiger partial charge >= 0.3 is 0 Å². The molecule has 0 fully saturated rings. The SMILES string of the molecule is CN(C)c1ccc2c(c1)Oc1cc(N(C)C)ccc1C21c2ccccc2C(=O)N1O. The molecule has 0 radical (unpaired) electrons. The monoisotopic (exact) mass is 401 g/mol. The fraction of sp³-hybridized carbons (Fsp3) is 0.208. The predicted octanol–water partition coefficient (Wildman–Crippen LogP) is 4.06. The van der Waals surface area contributed by atoms with Crippen molar-refractivity contribution in [1.29, 1.82) is 0 Å². The van der Waals surface area contributed by atoms with Gasteiger partial charge in [-0.2, -0.15) is 0 Å². The molecule has 0 aliphatic carbocycles. The number of hydrogen-bond donors (Lipinski definition) is 1. The molecule has 0 saturated carbocycles. The van der Waals surface area contributed by atoms with E-state index in [0.717, 1.165) is 33.1 Å². The zero-order valence-corrected chi connectivity index (χ0v) is 17.4. The average molecular weight is 401 g/mol. The van der Waals surface area contributed by atoms with E-state index in [9.17, 15) is 10.0 Å². The molecule has 6 heteroatoms. The Morgan fingerprint density at radius 3 is 1.87 bits per heavy atom. The van der Waals surface area contributed by atoms with Crippen molar-refractivity contribution in [2.45, 2.75) is 5.54 Å². The van der Waals surface area contributed by atoms with Crippen LogP contribution in [0, 0.1) is 0 Å². The highest BCUT2D eigenvalue weighted by Crippen LogP contribution is 2.57. The fourth-order valence-electron chi connectivity index (χ4n) is 4.49. The molecule has 2 aliphatic heterocycles. The number of ether oxygens (including phenoxy) is 1. The third-order valence-corrected chi connectivity index (χ3v) is 6.02. The van der Waals surface area contributed by atoms with Crippen molar-refractivity contribution >= 4 is 17.3 Å². The summed E-state index contributed by atoms with van der Waals surface area (Å²) in [6.45, 7) is 0. The predicted molar refractivity (Wildman–Crippen MR) is 116 cm³/mol. The Kier molecular flexibility index (Phi) is 3.85. The van der Waals surface area contributed by atoms with Gasteiger partial charge in [0.2, 0.25) is 0 Å². The summed E-state index contributed by atoms with van der Waals surface area (Å²) in [4.78, 5) is 17.0. The van der Waals surface area contributed by atoms with Crippen molar-refractivity contribution in [3.8, 4) is 11.5 Å². The molecule has 1 spiro atoms. The number of carbonyl (C=O) groups is 1. The summed E-state index contributed by atoms with van der Waals surface area (Å²) < 4.78 is 6.34. The van der Waals surface area contributed by atoms with Gasteiger partial charge in [0.15, 0.2) is 5.54 Å². The second-order valence-electron chi connectivity index (χ2n) is 8.12. The second kappa shape index (κ2) is 6.24. The van der Waals surface area contributed by atoms with E-state index < -0.39 is 11.4 Å². The molecule has 3 aromatic carbocycles. The number of fused-ring (bicyclic) bond motifs is 6. The standard InChI is InChI=1S/C24H23N3O3/c1-25(2)15-9-11-19-21(13-15)30-22-14-16(26(3)4)10-12-20(22)24(19)18-8-6-5-7-17(18)23(28)27(24)29/h5-14,29H,1-4H3. The van der Waals surface area contributed by atoms with Crippen LogP contribution in [0.4, 0.5) is 11.4 Å². The Labute approximate surface area is 175 Å². The van der Waals surface area contributed by atoms with Crippen LogP contribution < -0.4 is 14.5 Å². The van der Waals surface area contributed by atoms with Gasteiger partial charge in [-0.15, -0.1) is 0 Å². The van der Waals surface area contributed by atoms with Gasteiger partial charge in [-0.3, -0.25) is 10.0 Å². The zero-order chi connectivity index (χ0) is 21.2. The lowest BCUT2D eigenvalue weighted by Crippen LogP contribution is -2.45. The largest absolute Gasteiger partial charge is 0.456 e. The number of carbonyl (C=O) groups excluding carboxylic acids is 1. The summed E-state index contributed by atoms with van der Waals surface area (Å²) in [6, 6.07) is 19.1. The number of hydrogen-bond acceptors (Lipinski definition) is 5. The molecule has 0 atom stereocenters. The van der Waals surface area contributed by atoms with Crippen LogP contribution in [-0.4, -0.2) is 44.4 Å². The highest BCUT2D eigenvalue weighted by Gasteiger charge is 2.56. The van der Waals surface area contributed by atoms with E-state index in [-0.39, 0.29) is 0 Å². The van der Waals surface area contributed by atoms with Gasteiger partial charge in [-0.05, 0) is 18.2 Å². The lowest BCUT2D eigenvalue weighted by atomic mass is 9.75. The zero-order valence-electron chi connectivity index (χ0n) is 17.4. The van der Waals surface area contributed by atoms with Crippen LogP contribution in [-0.2, 0) is 5.54 Å². The lowest BCUT2D eigenvalue weighted by Gasteiger charge is -2.41. The minimum absolute atomic E-state index is 0.419. The molecule has 1 amide bonds. The van der Waals surface area contributed by atoms with Crippen molar-refractivity contribution in [2.24, 2.45) is 0 Å². The van der Waals surface area contributed by atoms with E-state index in [1.165, 1.54) is 0 Å². The van der Waals surface area contributed by atoms with E-state index >= 15 is 0 Å². The summed E-state index contributed by atoms with van der Waals surface area (Å²) in [6.07, 6.45) is 0. The summed E-state index contributed by atoms with van der Waals surface area (Å²) in [5, 5.41) is 12.1. The Morgan fingerprint density at radius 2 is 1.33 bits per heavy atom. The van der Waals surface area contributed by atoms with Crippen molar-refractivity contribution < 1.29 is 14.7 Å². The highest BCUT2D eigenvalue weighted by atomic mass is 16.5. The first-order valence-electron chi connectivity index (χ1n) is 9.80. The molecule has 0 bridgehead atoms. The van der Waals surface area contributed by atoms with Gasteiger partial charge in [-0.25, -0.2) is 5.06 Å². The first-order chi connectivity index (χ1) is 14.4. The van der Waals surface area contributed by atoms with Crippen LogP contribution in [0.2, 0.25) is 0 Å². The summed E-state index contributed by atoms with van der Waals surface area (Å²) in [5.41, 5.74) is 3.49. The van der Waals surface area contributed by atoms with Crippen molar-refractivity contribution in [1.82, 2.24) is 5.06 Å². The molecule has 0 unspecified atom stereocenters. The number of anilines is 2. The van der Waals surface area contributed by atoms with Gasteiger partial charge in [0.05, 0.1) is 0 Å². The maximum Gasteiger partial charge on any atom is 0.279 e. The third kappa shape index (κ3) is 2.25. The van der Waals surface area contributed by atoms with Gasteiger partial charge in [0.1, 0.15) is 11.5 Å². The first-order valence-corrected chi connectivity index (χ1v) is 9.80. The highest BCUT2D eigenvalue weighted by molar-refractivity contribution is 6.01. The van der Waals surface area contributed by atoms with Crippen LogP contribution in [0.15, 0.2) is 60.7 Å². The van der Waals surface area contributed by atoms with Crippen LogP contribution in [0.3, 0.4) is 0 Å². The topological polar surface area (TPSA) is 56.2 Å². The van der Waals surface area contributed by atoms with Crippen LogP contribution in [0.25, 0.3) is 0 Å². The smallest absolute Gasteiger partial charge is 0.279 e. The van der Waals surface area contributed by atoms with Crippen molar-refractivity contribution in [2.75, 3.05) is 38.0 Å². The third-order valence-electron chi connectivity index (χ3n) is 6.02. The molecule has 152 valence electrons. The number of benzene rings is 3. The summed E-state index contributed by atoms with van der Waals surface area (Å²) in [5.74, 6) is 0.819. The van der Waals surface area contributed by atoms with E-state index in [0.29, 0.717) is 17.1 Å². The van der Waals surface area contributed by atoms with Gasteiger partial charge < -0.3 is 14.5 Å². The van der Waals surface area contributed by atoms with Crippen LogP contribution in [0.1, 0.15) is 27.0 Å². The molecule has 2 aliphatic rings. The van der Waals surface area contributed by atoms with Gasteiger partial charge in [0.25, 0.3) is 5.91 Å². The molecule has 0 aromatic heterocycles. The van der Waals surface area contributed by atoms with Crippen LogP contribution >= 0.6 is 0 Å². The van der Waals surface area contributed by atoms with Crippen molar-refractivity contribution in [3.05, 3.63) is 82.9 Å². The number of hydroxylamine groups is 2. The minimum atomic E-state index is -1.16. The van der Waals surface area contributed by atoms with E-state index in [1.54, 1.807) is 6.07 Å². The maximum atomic E-state index is 13.1. The lowest BCUT2D eigenvalue weighted by molar-refractivity contribution is -0.102. The Hall–Kier alpha value is -3.51. The molecule has 1 N–H and O–H groups in total. The molecule has 5 rings (SSSR count). The molecule has 30 heavy (non-hydrogen) atoms. The van der Waals surface area contributed by atoms with Crippen molar-refractivity contribution in [3.63, 3.8) is 0 Å². The number of rotatable bonds is 2. The van der Waals surface area contributed by atoms with E-state index in [2.05, 4.69) is 0 Å². The number of amides is 1. The van der Waals surface area contributed by atoms with E-state index in [1.807, 2.05) is 92.6 Å². The molecule has 2 heterocycles. The molecular formula is C24H23N3O3. The fourth-order valence-corrected chi connectivity index (χ4v) is 4.49. The average Bonchev–Trinajstić information content (AvgIpc) is 2.96. The number of nitrogens with zero attached hydrogens (tertiary/aromatic N) is 3. The van der Waals surface area contributed by atoms with E-state index in [4.69, 9.17) is 4.74 Å².